The highest BCUT2D eigenvalue weighted by Crippen LogP contribution is 2.34. The first-order valence-electron chi connectivity index (χ1n) is 5.44. The van der Waals surface area contributed by atoms with Crippen molar-refractivity contribution in [1.29, 1.82) is 0 Å². The second-order valence-electron chi connectivity index (χ2n) is 4.16. The molecule has 1 nitrogen and oxygen atoms in total. The van der Waals surface area contributed by atoms with Crippen molar-refractivity contribution in [2.45, 2.75) is 32.1 Å². The third kappa shape index (κ3) is 1.96. The number of hydrogen-bond acceptors (Lipinski definition) is 2. The lowest BCUT2D eigenvalue weighted by atomic mass is 9.81. The molecule has 0 saturated carbocycles. The van der Waals surface area contributed by atoms with Crippen molar-refractivity contribution in [2.75, 3.05) is 6.26 Å². The monoisotopic (exact) mass is 220 g/mol. The van der Waals surface area contributed by atoms with Crippen molar-refractivity contribution in [2.24, 2.45) is 0 Å². The summed E-state index contributed by atoms with van der Waals surface area (Å²) >= 11 is 1.31. The van der Waals surface area contributed by atoms with Gasteiger partial charge in [-0.2, -0.15) is 0 Å². The molecule has 2 heteroatoms. The van der Waals surface area contributed by atoms with Gasteiger partial charge >= 0.3 is 0 Å². The van der Waals surface area contributed by atoms with Crippen LogP contribution in [0, 0.1) is 0 Å². The molecule has 80 valence electrons. The highest BCUT2D eigenvalue weighted by atomic mass is 32.2. The molecule has 2 rings (SSSR count). The molecule has 0 spiro atoms. The maximum atomic E-state index is 11.8. The fraction of sp³-hybridized carbons (Fsp3) is 0.462. The van der Waals surface area contributed by atoms with Crippen molar-refractivity contribution in [3.05, 3.63) is 34.9 Å². The standard InChI is InChI=1S/C13H16OS/c1-9-5-3-6-10-7-4-8-11(12(9)10)13(14)15-2/h4,7-9H,3,5-6H2,1-2H3. The van der Waals surface area contributed by atoms with E-state index in [1.165, 1.54) is 35.7 Å². The maximum Gasteiger partial charge on any atom is 0.219 e. The molecule has 15 heavy (non-hydrogen) atoms. The van der Waals surface area contributed by atoms with E-state index < -0.39 is 0 Å². The number of carbonyl (C=O) groups excluding carboxylic acids is 1. The first kappa shape index (κ1) is 10.7. The van der Waals surface area contributed by atoms with Gasteiger partial charge in [0.25, 0.3) is 0 Å². The number of hydrogen-bond donors (Lipinski definition) is 0. The van der Waals surface area contributed by atoms with Crippen LogP contribution in [0.15, 0.2) is 18.2 Å². The minimum absolute atomic E-state index is 0.209. The number of fused-ring (bicyclic) bond motifs is 1. The lowest BCUT2D eigenvalue weighted by Crippen LogP contribution is -2.12. The lowest BCUT2D eigenvalue weighted by Gasteiger charge is -2.24. The molecule has 1 atom stereocenters. The zero-order valence-electron chi connectivity index (χ0n) is 9.25. The van der Waals surface area contributed by atoms with Gasteiger partial charge in [0, 0.05) is 5.56 Å². The Kier molecular flexibility index (Phi) is 3.15. The van der Waals surface area contributed by atoms with Crippen LogP contribution in [0.4, 0.5) is 0 Å². The van der Waals surface area contributed by atoms with E-state index >= 15 is 0 Å². The Hall–Kier alpha value is -0.760. The number of thioether (sulfide) groups is 1. The van der Waals surface area contributed by atoms with E-state index in [2.05, 4.69) is 13.0 Å². The van der Waals surface area contributed by atoms with Crippen LogP contribution in [0.5, 0.6) is 0 Å². The molecule has 0 aliphatic heterocycles. The van der Waals surface area contributed by atoms with Crippen LogP contribution in [0.1, 0.15) is 47.2 Å². The summed E-state index contributed by atoms with van der Waals surface area (Å²) in [5, 5.41) is 0.209. The molecule has 1 aromatic carbocycles. The van der Waals surface area contributed by atoms with Crippen LogP contribution in [0.2, 0.25) is 0 Å². The van der Waals surface area contributed by atoms with Gasteiger partial charge in [-0.25, -0.2) is 0 Å². The zero-order valence-corrected chi connectivity index (χ0v) is 10.1. The molecule has 1 aromatic rings. The van der Waals surface area contributed by atoms with Gasteiger partial charge in [-0.1, -0.05) is 36.9 Å². The Labute approximate surface area is 95.3 Å². The predicted molar refractivity (Wildman–Crippen MR) is 65.6 cm³/mol. The van der Waals surface area contributed by atoms with Gasteiger partial charge in [0.1, 0.15) is 0 Å². The lowest BCUT2D eigenvalue weighted by molar-refractivity contribution is 0.108. The second kappa shape index (κ2) is 4.40. The van der Waals surface area contributed by atoms with Crippen molar-refractivity contribution in [3.63, 3.8) is 0 Å². The van der Waals surface area contributed by atoms with Crippen LogP contribution >= 0.6 is 11.8 Å². The number of aryl methyl sites for hydroxylation is 1. The van der Waals surface area contributed by atoms with E-state index in [0.29, 0.717) is 5.92 Å². The van der Waals surface area contributed by atoms with Gasteiger partial charge in [-0.3, -0.25) is 4.79 Å². The molecule has 0 saturated heterocycles. The quantitative estimate of drug-likeness (QED) is 0.719. The summed E-state index contributed by atoms with van der Waals surface area (Å²) in [4.78, 5) is 11.8. The third-order valence-corrected chi connectivity index (χ3v) is 3.77. The van der Waals surface area contributed by atoms with E-state index in [4.69, 9.17) is 0 Å². The van der Waals surface area contributed by atoms with Crippen LogP contribution in [0.3, 0.4) is 0 Å². The molecule has 0 N–H and O–H groups in total. The van der Waals surface area contributed by atoms with Gasteiger partial charge in [0.05, 0.1) is 0 Å². The summed E-state index contributed by atoms with van der Waals surface area (Å²) < 4.78 is 0. The van der Waals surface area contributed by atoms with Gasteiger partial charge in [-0.15, -0.1) is 0 Å². The Morgan fingerprint density at radius 2 is 2.27 bits per heavy atom. The van der Waals surface area contributed by atoms with Crippen LogP contribution < -0.4 is 0 Å². The Morgan fingerprint density at radius 1 is 1.47 bits per heavy atom. The van der Waals surface area contributed by atoms with Crippen molar-refractivity contribution < 1.29 is 4.79 Å². The molecule has 1 unspecified atom stereocenters. The Bertz CT molecular complexity index is 384. The highest BCUT2D eigenvalue weighted by molar-refractivity contribution is 8.13. The Balaban J connectivity index is 2.51. The average molecular weight is 220 g/mol. The smallest absolute Gasteiger partial charge is 0.219 e. The van der Waals surface area contributed by atoms with Gasteiger partial charge in [0.15, 0.2) is 0 Å². The summed E-state index contributed by atoms with van der Waals surface area (Å²) in [7, 11) is 0. The fourth-order valence-corrected chi connectivity index (χ4v) is 2.84. The summed E-state index contributed by atoms with van der Waals surface area (Å²) in [6, 6.07) is 6.15. The summed E-state index contributed by atoms with van der Waals surface area (Å²) in [6.45, 7) is 2.23. The van der Waals surface area contributed by atoms with Crippen LogP contribution in [0.25, 0.3) is 0 Å². The van der Waals surface area contributed by atoms with Crippen molar-refractivity contribution in [1.82, 2.24) is 0 Å². The minimum atomic E-state index is 0.209. The van der Waals surface area contributed by atoms with E-state index in [1.54, 1.807) is 0 Å². The number of rotatable bonds is 1. The molecule has 0 heterocycles. The zero-order chi connectivity index (χ0) is 10.8. The molecular formula is C13H16OS. The molecule has 0 bridgehead atoms. The Morgan fingerprint density at radius 3 is 3.00 bits per heavy atom. The summed E-state index contributed by atoms with van der Waals surface area (Å²) in [5.74, 6) is 0.543. The van der Waals surface area contributed by atoms with Crippen LogP contribution in [-0.4, -0.2) is 11.4 Å². The second-order valence-corrected chi connectivity index (χ2v) is 4.94. The molecule has 0 aromatic heterocycles. The highest BCUT2D eigenvalue weighted by Gasteiger charge is 2.21. The van der Waals surface area contributed by atoms with E-state index in [0.717, 1.165) is 12.0 Å². The predicted octanol–water partition coefficient (Wildman–Crippen LogP) is 3.63. The normalized spacial score (nSPS) is 19.7. The molecule has 0 fully saturated rings. The first-order valence-corrected chi connectivity index (χ1v) is 6.66. The van der Waals surface area contributed by atoms with Gasteiger partial charge in [0.2, 0.25) is 5.12 Å². The van der Waals surface area contributed by atoms with Gasteiger partial charge < -0.3 is 0 Å². The number of benzene rings is 1. The molecule has 0 radical (unpaired) electrons. The number of carbonyl (C=O) groups is 1. The largest absolute Gasteiger partial charge is 0.282 e. The molecule has 0 amide bonds. The average Bonchev–Trinajstić information content (AvgIpc) is 2.28. The van der Waals surface area contributed by atoms with E-state index in [9.17, 15) is 4.79 Å². The molecular weight excluding hydrogens is 204 g/mol. The summed E-state index contributed by atoms with van der Waals surface area (Å²) in [5.41, 5.74) is 3.63. The SMILES string of the molecule is CSC(=O)c1cccc2c1C(C)CCC2. The molecule has 1 aliphatic carbocycles. The van der Waals surface area contributed by atoms with E-state index in [1.807, 2.05) is 18.4 Å². The van der Waals surface area contributed by atoms with Crippen LogP contribution in [-0.2, 0) is 6.42 Å². The first-order chi connectivity index (χ1) is 7.24. The molecule has 1 aliphatic rings. The van der Waals surface area contributed by atoms with E-state index in [-0.39, 0.29) is 5.12 Å². The van der Waals surface area contributed by atoms with Crippen molar-refractivity contribution in [3.8, 4) is 0 Å². The van der Waals surface area contributed by atoms with Crippen molar-refractivity contribution >= 4 is 16.9 Å². The van der Waals surface area contributed by atoms with Gasteiger partial charge in [-0.05, 0) is 42.6 Å². The topological polar surface area (TPSA) is 17.1 Å². The maximum absolute atomic E-state index is 11.8. The minimum Gasteiger partial charge on any atom is -0.282 e. The fourth-order valence-electron chi connectivity index (χ4n) is 2.44. The third-order valence-electron chi connectivity index (χ3n) is 3.18. The summed E-state index contributed by atoms with van der Waals surface area (Å²) in [6.07, 6.45) is 5.46.